The van der Waals surface area contributed by atoms with Crippen molar-refractivity contribution >= 4 is 28.9 Å². The third-order valence-corrected chi connectivity index (χ3v) is 6.26. The van der Waals surface area contributed by atoms with Crippen molar-refractivity contribution in [3.05, 3.63) is 33.0 Å². The van der Waals surface area contributed by atoms with Crippen LogP contribution in [0.25, 0.3) is 0 Å². The van der Waals surface area contributed by atoms with Gasteiger partial charge in [-0.15, -0.1) is 21.5 Å². The lowest BCUT2D eigenvalue weighted by Crippen LogP contribution is -2.52. The Morgan fingerprint density at radius 1 is 1.25 bits per heavy atom. The number of nitrogens with zero attached hydrogens (tertiary/aromatic N) is 6. The first-order chi connectivity index (χ1) is 13.6. The topological polar surface area (TPSA) is 61.6 Å². The fourth-order valence-corrected chi connectivity index (χ4v) is 4.28. The van der Waals surface area contributed by atoms with E-state index in [-0.39, 0.29) is 0 Å². The Bertz CT molecular complexity index is 777. The second-order valence-corrected chi connectivity index (χ2v) is 8.91. The van der Waals surface area contributed by atoms with Gasteiger partial charge in [0, 0.05) is 51.2 Å². The Labute approximate surface area is 176 Å². The number of rotatable bonds is 7. The minimum Gasteiger partial charge on any atom is -0.356 e. The molecule has 0 amide bonds. The molecule has 0 spiro atoms. The highest BCUT2D eigenvalue weighted by Gasteiger charge is 2.20. The average Bonchev–Trinajstić information content (AvgIpc) is 3.24. The second kappa shape index (κ2) is 10.2. The van der Waals surface area contributed by atoms with Gasteiger partial charge in [0.15, 0.2) is 11.8 Å². The SMILES string of the molecule is CCCCNC(=NCc1nnc(C)n1C)N1CCN(Cc2ccc(Cl)s2)CC1. The van der Waals surface area contributed by atoms with Gasteiger partial charge < -0.3 is 14.8 Å². The lowest BCUT2D eigenvalue weighted by Gasteiger charge is -2.36. The third kappa shape index (κ3) is 5.68. The Kier molecular flexibility index (Phi) is 7.70. The predicted octanol–water partition coefficient (Wildman–Crippen LogP) is 2.90. The second-order valence-electron chi connectivity index (χ2n) is 7.11. The van der Waals surface area contributed by atoms with Gasteiger partial charge in [0.05, 0.1) is 4.34 Å². The molecule has 154 valence electrons. The molecule has 1 aliphatic rings. The molecule has 2 aromatic rings. The van der Waals surface area contributed by atoms with Gasteiger partial charge in [0.2, 0.25) is 0 Å². The summed E-state index contributed by atoms with van der Waals surface area (Å²) in [5.41, 5.74) is 0. The zero-order chi connectivity index (χ0) is 19.9. The van der Waals surface area contributed by atoms with Crippen molar-refractivity contribution in [1.82, 2.24) is 29.9 Å². The average molecular weight is 424 g/mol. The van der Waals surface area contributed by atoms with Crippen LogP contribution in [0.3, 0.4) is 0 Å². The van der Waals surface area contributed by atoms with E-state index in [2.05, 4.69) is 38.3 Å². The van der Waals surface area contributed by atoms with Crippen molar-refractivity contribution in [2.24, 2.45) is 12.0 Å². The lowest BCUT2D eigenvalue weighted by atomic mass is 10.3. The highest BCUT2D eigenvalue weighted by molar-refractivity contribution is 7.16. The highest BCUT2D eigenvalue weighted by Crippen LogP contribution is 2.23. The third-order valence-electron chi connectivity index (χ3n) is 5.05. The molecule has 2 aromatic heterocycles. The smallest absolute Gasteiger partial charge is 0.194 e. The van der Waals surface area contributed by atoms with Gasteiger partial charge in [-0.1, -0.05) is 24.9 Å². The van der Waals surface area contributed by atoms with Gasteiger partial charge in [0.25, 0.3) is 0 Å². The zero-order valence-corrected chi connectivity index (χ0v) is 18.6. The van der Waals surface area contributed by atoms with Crippen LogP contribution >= 0.6 is 22.9 Å². The number of unbranched alkanes of at least 4 members (excludes halogenated alkanes) is 1. The van der Waals surface area contributed by atoms with Crippen LogP contribution in [0, 0.1) is 6.92 Å². The first-order valence-corrected chi connectivity index (χ1v) is 11.1. The van der Waals surface area contributed by atoms with E-state index in [1.165, 1.54) is 11.3 Å². The van der Waals surface area contributed by atoms with E-state index in [1.807, 2.05) is 24.6 Å². The molecule has 1 aliphatic heterocycles. The normalized spacial score (nSPS) is 16.0. The molecular formula is C19H30ClN7S. The molecule has 9 heteroatoms. The van der Waals surface area contributed by atoms with Gasteiger partial charge in [-0.05, 0) is 25.5 Å². The van der Waals surface area contributed by atoms with Crippen molar-refractivity contribution in [3.63, 3.8) is 0 Å². The van der Waals surface area contributed by atoms with Gasteiger partial charge in [-0.3, -0.25) is 4.90 Å². The minimum atomic E-state index is 0.541. The van der Waals surface area contributed by atoms with Gasteiger partial charge >= 0.3 is 0 Å². The van der Waals surface area contributed by atoms with Crippen LogP contribution in [0.2, 0.25) is 4.34 Å². The number of hydrogen-bond donors (Lipinski definition) is 1. The van der Waals surface area contributed by atoms with Gasteiger partial charge in [-0.2, -0.15) is 0 Å². The number of thiophene rings is 1. The van der Waals surface area contributed by atoms with Crippen LogP contribution in [0.4, 0.5) is 0 Å². The standard InChI is InChI=1S/C19H30ClN7S/c1-4-5-8-21-19(22-13-18-24-23-15(2)25(18)3)27-11-9-26(10-12-27)14-16-6-7-17(20)28-16/h6-7H,4-5,8-14H2,1-3H3,(H,21,22). The van der Waals surface area contributed by atoms with Crippen LogP contribution < -0.4 is 5.32 Å². The van der Waals surface area contributed by atoms with Crippen LogP contribution in [0.15, 0.2) is 17.1 Å². The summed E-state index contributed by atoms with van der Waals surface area (Å²) in [6.45, 7) is 10.6. The first-order valence-electron chi connectivity index (χ1n) is 9.91. The van der Waals surface area contributed by atoms with E-state index < -0.39 is 0 Å². The molecule has 28 heavy (non-hydrogen) atoms. The predicted molar refractivity (Wildman–Crippen MR) is 116 cm³/mol. The van der Waals surface area contributed by atoms with Crippen LogP contribution in [-0.4, -0.2) is 63.2 Å². The molecule has 0 atom stereocenters. The Balaban J connectivity index is 1.58. The fraction of sp³-hybridized carbons (Fsp3) is 0.632. The number of nitrogens with one attached hydrogen (secondary N) is 1. The summed E-state index contributed by atoms with van der Waals surface area (Å²) in [6, 6.07) is 4.11. The number of aromatic nitrogens is 3. The molecule has 3 heterocycles. The molecule has 0 saturated carbocycles. The number of aryl methyl sites for hydroxylation is 1. The number of guanidine groups is 1. The number of aliphatic imine (C=N–C) groups is 1. The van der Waals surface area contributed by atoms with Crippen molar-refractivity contribution in [3.8, 4) is 0 Å². The zero-order valence-electron chi connectivity index (χ0n) is 17.0. The van der Waals surface area contributed by atoms with E-state index in [4.69, 9.17) is 16.6 Å². The maximum absolute atomic E-state index is 6.06. The van der Waals surface area contributed by atoms with Crippen molar-refractivity contribution in [2.75, 3.05) is 32.7 Å². The van der Waals surface area contributed by atoms with E-state index in [1.54, 1.807) is 11.3 Å². The van der Waals surface area contributed by atoms with Crippen LogP contribution in [0.1, 0.15) is 36.3 Å². The molecule has 7 nitrogen and oxygen atoms in total. The summed E-state index contributed by atoms with van der Waals surface area (Å²) in [7, 11) is 1.99. The summed E-state index contributed by atoms with van der Waals surface area (Å²) < 4.78 is 2.86. The molecule has 1 saturated heterocycles. The summed E-state index contributed by atoms with van der Waals surface area (Å²) in [6.07, 6.45) is 2.31. The van der Waals surface area contributed by atoms with Crippen molar-refractivity contribution < 1.29 is 0 Å². The van der Waals surface area contributed by atoms with E-state index in [9.17, 15) is 0 Å². The van der Waals surface area contributed by atoms with E-state index in [0.29, 0.717) is 6.54 Å². The molecule has 0 unspecified atom stereocenters. The molecule has 0 aliphatic carbocycles. The Hall–Kier alpha value is -1.64. The Morgan fingerprint density at radius 3 is 2.64 bits per heavy atom. The number of piperazine rings is 1. The molecule has 1 fully saturated rings. The highest BCUT2D eigenvalue weighted by atomic mass is 35.5. The molecule has 0 bridgehead atoms. The summed E-state index contributed by atoms with van der Waals surface area (Å²) in [5, 5.41) is 11.9. The largest absolute Gasteiger partial charge is 0.356 e. The van der Waals surface area contributed by atoms with E-state index >= 15 is 0 Å². The maximum atomic E-state index is 6.06. The fourth-order valence-electron chi connectivity index (χ4n) is 3.15. The molecular weight excluding hydrogens is 394 g/mol. The molecule has 3 rings (SSSR count). The Morgan fingerprint density at radius 2 is 2.04 bits per heavy atom. The number of hydrogen-bond acceptors (Lipinski definition) is 5. The molecule has 1 N–H and O–H groups in total. The minimum absolute atomic E-state index is 0.541. The monoisotopic (exact) mass is 423 g/mol. The summed E-state index contributed by atoms with van der Waals surface area (Å²) >= 11 is 7.73. The number of halogens is 1. The van der Waals surface area contributed by atoms with Gasteiger partial charge in [0.1, 0.15) is 12.4 Å². The van der Waals surface area contributed by atoms with Crippen molar-refractivity contribution in [2.45, 2.75) is 39.8 Å². The maximum Gasteiger partial charge on any atom is 0.194 e. The van der Waals surface area contributed by atoms with Crippen LogP contribution in [-0.2, 0) is 20.1 Å². The lowest BCUT2D eigenvalue weighted by molar-refractivity contribution is 0.173. The first kappa shape index (κ1) is 21.1. The van der Waals surface area contributed by atoms with Gasteiger partial charge in [-0.25, -0.2) is 4.99 Å². The van der Waals surface area contributed by atoms with E-state index in [0.717, 1.165) is 67.6 Å². The molecule has 0 aromatic carbocycles. The molecule has 0 radical (unpaired) electrons. The van der Waals surface area contributed by atoms with Crippen molar-refractivity contribution in [1.29, 1.82) is 0 Å². The quantitative estimate of drug-likeness (QED) is 0.421. The summed E-state index contributed by atoms with van der Waals surface area (Å²) in [5.74, 6) is 2.78. The van der Waals surface area contributed by atoms with Crippen LogP contribution in [0.5, 0.6) is 0 Å². The summed E-state index contributed by atoms with van der Waals surface area (Å²) in [4.78, 5) is 11.0.